The Hall–Kier alpha value is -0.0800. The van der Waals surface area contributed by atoms with Gasteiger partial charge < -0.3 is 10.1 Å². The van der Waals surface area contributed by atoms with Gasteiger partial charge in [0.05, 0.1) is 6.10 Å². The van der Waals surface area contributed by atoms with E-state index in [1.165, 1.54) is 12.8 Å². The third-order valence-corrected chi connectivity index (χ3v) is 2.30. The summed E-state index contributed by atoms with van der Waals surface area (Å²) < 4.78 is 5.69. The first-order chi connectivity index (χ1) is 6.18. The summed E-state index contributed by atoms with van der Waals surface area (Å²) in [6.45, 7) is 9.66. The van der Waals surface area contributed by atoms with Crippen molar-refractivity contribution < 1.29 is 4.74 Å². The molecule has 0 aliphatic heterocycles. The van der Waals surface area contributed by atoms with Crippen LogP contribution in [-0.2, 0) is 4.74 Å². The standard InChI is InChI=1S/C11H23NO/c1-9(2)6-12-7-10(3)13-8-11-4-5-11/h9-12H,4-8H2,1-3H3. The molecule has 1 unspecified atom stereocenters. The zero-order valence-corrected chi connectivity index (χ0v) is 9.18. The average Bonchev–Trinajstić information content (AvgIpc) is 2.83. The molecule has 1 atom stereocenters. The Kier molecular flexibility index (Phi) is 4.74. The fraction of sp³-hybridized carbons (Fsp3) is 1.00. The summed E-state index contributed by atoms with van der Waals surface area (Å²) in [6, 6.07) is 0. The monoisotopic (exact) mass is 185 g/mol. The predicted octanol–water partition coefficient (Wildman–Crippen LogP) is 2.05. The molecule has 0 bridgehead atoms. The van der Waals surface area contributed by atoms with Gasteiger partial charge >= 0.3 is 0 Å². The average molecular weight is 185 g/mol. The summed E-state index contributed by atoms with van der Waals surface area (Å²) in [5.41, 5.74) is 0. The number of ether oxygens (including phenoxy) is 1. The summed E-state index contributed by atoms with van der Waals surface area (Å²) in [5, 5.41) is 3.40. The molecular formula is C11H23NO. The summed E-state index contributed by atoms with van der Waals surface area (Å²) >= 11 is 0. The van der Waals surface area contributed by atoms with E-state index in [2.05, 4.69) is 26.1 Å². The highest BCUT2D eigenvalue weighted by atomic mass is 16.5. The summed E-state index contributed by atoms with van der Waals surface area (Å²) in [6.07, 6.45) is 3.14. The van der Waals surface area contributed by atoms with Crippen molar-refractivity contribution in [1.82, 2.24) is 5.32 Å². The second kappa shape index (κ2) is 5.61. The molecule has 1 N–H and O–H groups in total. The first kappa shape index (κ1) is 11.0. The van der Waals surface area contributed by atoms with Gasteiger partial charge in [-0.15, -0.1) is 0 Å². The molecular weight excluding hydrogens is 162 g/mol. The zero-order valence-electron chi connectivity index (χ0n) is 9.18. The quantitative estimate of drug-likeness (QED) is 0.655. The molecule has 0 saturated heterocycles. The lowest BCUT2D eigenvalue weighted by atomic mass is 10.2. The Bertz CT molecular complexity index is 132. The largest absolute Gasteiger partial charge is 0.377 e. The lowest BCUT2D eigenvalue weighted by Crippen LogP contribution is -2.30. The normalized spacial score (nSPS) is 19.4. The Labute approximate surface area is 82.0 Å². The molecule has 0 aromatic carbocycles. The minimum Gasteiger partial charge on any atom is -0.377 e. The third kappa shape index (κ3) is 6.05. The van der Waals surface area contributed by atoms with E-state index in [1.54, 1.807) is 0 Å². The summed E-state index contributed by atoms with van der Waals surface area (Å²) in [7, 11) is 0. The second-order valence-corrected chi connectivity index (χ2v) is 4.64. The van der Waals surface area contributed by atoms with Crippen LogP contribution in [-0.4, -0.2) is 25.8 Å². The molecule has 0 aromatic rings. The minimum absolute atomic E-state index is 0.374. The van der Waals surface area contributed by atoms with Gasteiger partial charge in [0.15, 0.2) is 0 Å². The van der Waals surface area contributed by atoms with Crippen LogP contribution in [0.3, 0.4) is 0 Å². The van der Waals surface area contributed by atoms with Crippen LogP contribution < -0.4 is 5.32 Å². The van der Waals surface area contributed by atoms with Crippen molar-refractivity contribution in [3.8, 4) is 0 Å². The molecule has 78 valence electrons. The lowest BCUT2D eigenvalue weighted by molar-refractivity contribution is 0.0580. The predicted molar refractivity (Wildman–Crippen MR) is 55.8 cm³/mol. The van der Waals surface area contributed by atoms with Crippen molar-refractivity contribution in [1.29, 1.82) is 0 Å². The Morgan fingerprint density at radius 1 is 1.23 bits per heavy atom. The van der Waals surface area contributed by atoms with Crippen molar-refractivity contribution in [2.24, 2.45) is 11.8 Å². The van der Waals surface area contributed by atoms with Crippen LogP contribution in [0, 0.1) is 11.8 Å². The van der Waals surface area contributed by atoms with Crippen molar-refractivity contribution >= 4 is 0 Å². The molecule has 2 nitrogen and oxygen atoms in total. The van der Waals surface area contributed by atoms with E-state index >= 15 is 0 Å². The number of nitrogens with one attached hydrogen (secondary N) is 1. The summed E-state index contributed by atoms with van der Waals surface area (Å²) in [4.78, 5) is 0. The van der Waals surface area contributed by atoms with Crippen LogP contribution in [0.15, 0.2) is 0 Å². The van der Waals surface area contributed by atoms with E-state index in [1.807, 2.05) is 0 Å². The van der Waals surface area contributed by atoms with E-state index in [0.29, 0.717) is 6.10 Å². The molecule has 2 heteroatoms. The maximum Gasteiger partial charge on any atom is 0.0671 e. The van der Waals surface area contributed by atoms with Gasteiger partial charge in [0.2, 0.25) is 0 Å². The first-order valence-corrected chi connectivity index (χ1v) is 5.50. The molecule has 1 aliphatic carbocycles. The van der Waals surface area contributed by atoms with Crippen LogP contribution in [0.5, 0.6) is 0 Å². The van der Waals surface area contributed by atoms with Gasteiger partial charge in [-0.1, -0.05) is 13.8 Å². The molecule has 0 amide bonds. The highest BCUT2D eigenvalue weighted by molar-refractivity contribution is 4.72. The molecule has 13 heavy (non-hydrogen) atoms. The molecule has 1 rings (SSSR count). The molecule has 0 radical (unpaired) electrons. The molecule has 1 saturated carbocycles. The number of rotatable bonds is 7. The van der Waals surface area contributed by atoms with Crippen LogP contribution in [0.1, 0.15) is 33.6 Å². The smallest absolute Gasteiger partial charge is 0.0671 e. The van der Waals surface area contributed by atoms with Gasteiger partial charge in [0, 0.05) is 13.2 Å². The fourth-order valence-electron chi connectivity index (χ4n) is 1.22. The molecule has 1 aliphatic rings. The van der Waals surface area contributed by atoms with E-state index in [0.717, 1.165) is 31.5 Å². The maximum absolute atomic E-state index is 5.69. The highest BCUT2D eigenvalue weighted by Gasteiger charge is 2.21. The van der Waals surface area contributed by atoms with Gasteiger partial charge in [-0.2, -0.15) is 0 Å². The van der Waals surface area contributed by atoms with Crippen LogP contribution in [0.2, 0.25) is 0 Å². The molecule has 0 spiro atoms. The van der Waals surface area contributed by atoms with Gasteiger partial charge in [0.25, 0.3) is 0 Å². The summed E-state index contributed by atoms with van der Waals surface area (Å²) in [5.74, 6) is 1.61. The molecule has 0 aromatic heterocycles. The molecule has 0 heterocycles. The number of hydrogen-bond acceptors (Lipinski definition) is 2. The minimum atomic E-state index is 0.374. The van der Waals surface area contributed by atoms with Crippen molar-refractivity contribution in [2.75, 3.05) is 19.7 Å². The highest BCUT2D eigenvalue weighted by Crippen LogP contribution is 2.29. The Morgan fingerprint density at radius 3 is 2.46 bits per heavy atom. The van der Waals surface area contributed by atoms with Gasteiger partial charge in [0.1, 0.15) is 0 Å². The second-order valence-electron chi connectivity index (χ2n) is 4.64. The van der Waals surface area contributed by atoms with E-state index in [9.17, 15) is 0 Å². The van der Waals surface area contributed by atoms with Crippen molar-refractivity contribution in [3.05, 3.63) is 0 Å². The van der Waals surface area contributed by atoms with Crippen LogP contribution >= 0.6 is 0 Å². The van der Waals surface area contributed by atoms with Gasteiger partial charge in [-0.25, -0.2) is 0 Å². The Morgan fingerprint density at radius 2 is 1.92 bits per heavy atom. The van der Waals surface area contributed by atoms with E-state index in [4.69, 9.17) is 4.74 Å². The van der Waals surface area contributed by atoms with Crippen molar-refractivity contribution in [2.45, 2.75) is 39.7 Å². The van der Waals surface area contributed by atoms with Gasteiger partial charge in [-0.3, -0.25) is 0 Å². The lowest BCUT2D eigenvalue weighted by Gasteiger charge is -2.14. The van der Waals surface area contributed by atoms with Crippen LogP contribution in [0.4, 0.5) is 0 Å². The van der Waals surface area contributed by atoms with Crippen LogP contribution in [0.25, 0.3) is 0 Å². The SMILES string of the molecule is CC(C)CNCC(C)OCC1CC1. The van der Waals surface area contributed by atoms with E-state index in [-0.39, 0.29) is 0 Å². The fourth-order valence-corrected chi connectivity index (χ4v) is 1.22. The first-order valence-electron chi connectivity index (χ1n) is 5.50. The zero-order chi connectivity index (χ0) is 9.68. The number of hydrogen-bond donors (Lipinski definition) is 1. The van der Waals surface area contributed by atoms with Gasteiger partial charge in [-0.05, 0) is 38.1 Å². The third-order valence-electron chi connectivity index (χ3n) is 2.30. The Balaban J connectivity index is 1.87. The van der Waals surface area contributed by atoms with Crippen molar-refractivity contribution in [3.63, 3.8) is 0 Å². The van der Waals surface area contributed by atoms with E-state index < -0.39 is 0 Å². The topological polar surface area (TPSA) is 21.3 Å². The maximum atomic E-state index is 5.69. The molecule has 1 fully saturated rings.